The van der Waals surface area contributed by atoms with Crippen LogP contribution in [-0.4, -0.2) is 58.4 Å². The lowest BCUT2D eigenvalue weighted by Crippen LogP contribution is -2.47. The maximum Gasteiger partial charge on any atom is 0.351 e. The van der Waals surface area contributed by atoms with Crippen molar-refractivity contribution in [1.82, 2.24) is 9.55 Å². The average Bonchev–Trinajstić information content (AvgIpc) is 3.63. The van der Waals surface area contributed by atoms with Gasteiger partial charge >= 0.3 is 5.69 Å². The largest absolute Gasteiger partial charge is 0.497 e. The van der Waals surface area contributed by atoms with E-state index in [-0.39, 0.29) is 0 Å². The van der Waals surface area contributed by atoms with E-state index in [2.05, 4.69) is 10.3 Å². The normalized spacial score (nSPS) is 18.4. The summed E-state index contributed by atoms with van der Waals surface area (Å²) >= 11 is 0. The van der Waals surface area contributed by atoms with Crippen molar-refractivity contribution in [2.45, 2.75) is 48.7 Å². The fourth-order valence-corrected chi connectivity index (χ4v) is 8.31. The highest BCUT2D eigenvalue weighted by Crippen LogP contribution is 2.46. The number of nitrogens with one attached hydrogen (secondary N) is 1. The van der Waals surface area contributed by atoms with Crippen molar-refractivity contribution >= 4 is 5.82 Å². The molecule has 3 N–H and O–H groups in total. The maximum absolute atomic E-state index is 14.2. The van der Waals surface area contributed by atoms with Gasteiger partial charge in [-0.15, -0.1) is 0 Å². The van der Waals surface area contributed by atoms with Crippen LogP contribution in [0.5, 0.6) is 11.5 Å². The van der Waals surface area contributed by atoms with Crippen molar-refractivity contribution in [2.24, 2.45) is 0 Å². The molecule has 6 aromatic carbocycles. The summed E-state index contributed by atoms with van der Waals surface area (Å²) in [4.78, 5) is 18.8. The molecule has 304 valence electrons. The van der Waals surface area contributed by atoms with Gasteiger partial charge in [-0.25, -0.2) is 4.79 Å². The zero-order valence-electron chi connectivity index (χ0n) is 33.5. The summed E-state index contributed by atoms with van der Waals surface area (Å²) in [7, 11) is 3.23. The molecule has 0 spiro atoms. The van der Waals surface area contributed by atoms with Crippen LogP contribution in [0.15, 0.2) is 187 Å². The number of hydrogen-bond acceptors (Lipinski definition) is 9. The van der Waals surface area contributed by atoms with Crippen LogP contribution >= 0.6 is 0 Å². The summed E-state index contributed by atoms with van der Waals surface area (Å²) in [6, 6.07) is 56.3. The lowest BCUT2D eigenvalue weighted by atomic mass is 9.77. The fraction of sp³-hybridized carbons (Fsp3) is 0.200. The molecule has 0 bridgehead atoms. The van der Waals surface area contributed by atoms with Crippen LogP contribution in [0.3, 0.4) is 0 Å². The Balaban J connectivity index is 1.19. The number of hydrogen-bond donors (Lipinski definition) is 3. The van der Waals surface area contributed by atoms with E-state index >= 15 is 0 Å². The number of rotatable bonds is 14. The van der Waals surface area contributed by atoms with Crippen LogP contribution in [-0.2, 0) is 20.6 Å². The molecule has 1 saturated heterocycles. The number of aliphatic hydroxyl groups is 2. The number of benzene rings is 6. The Labute approximate surface area is 349 Å². The van der Waals surface area contributed by atoms with Gasteiger partial charge in [-0.1, -0.05) is 146 Å². The molecule has 0 saturated carbocycles. The lowest BCUT2D eigenvalue weighted by Gasteiger charge is -2.40. The first kappa shape index (κ1) is 40.2. The zero-order valence-corrected chi connectivity index (χ0v) is 33.5. The molecule has 1 aromatic heterocycles. The van der Waals surface area contributed by atoms with Gasteiger partial charge < -0.3 is 34.5 Å². The van der Waals surface area contributed by atoms with E-state index in [1.165, 1.54) is 4.57 Å². The molecule has 60 heavy (non-hydrogen) atoms. The van der Waals surface area contributed by atoms with Crippen molar-refractivity contribution in [2.75, 3.05) is 19.5 Å². The van der Waals surface area contributed by atoms with Crippen LogP contribution in [0.4, 0.5) is 5.82 Å². The number of nitrogens with zero attached hydrogens (tertiary/aromatic N) is 2. The molecule has 0 unspecified atom stereocenters. The van der Waals surface area contributed by atoms with Crippen LogP contribution in [0.2, 0.25) is 0 Å². The Bertz CT molecular complexity index is 2440. The van der Waals surface area contributed by atoms with Crippen molar-refractivity contribution in [3.8, 4) is 11.5 Å². The monoisotopic (exact) mass is 801 g/mol. The smallest absolute Gasteiger partial charge is 0.351 e. The number of methoxy groups -OCH3 is 2. The standard InChI is InChI=1S/C50H47N3O7/c1-34(54)45-46(60-50(38-20-12-6-13-21-38,39-22-14-7-15-23-39)40-26-30-42(58-3)31-27-40)44(55)47(59-45)53-33-32-43(51-48(53)56)52-49(35-16-8-4-9-17-35,36-18-10-5-11-19-36)37-24-28-41(57-2)29-25-37/h4-34,44-47,54-55H,1-3H3,(H,51,52,56)/t34-,44-,45-,46+,47-/m1/s1. The van der Waals surface area contributed by atoms with Crippen LogP contribution < -0.4 is 20.5 Å². The van der Waals surface area contributed by atoms with E-state index in [4.69, 9.17) is 18.9 Å². The zero-order chi connectivity index (χ0) is 41.7. The summed E-state index contributed by atoms with van der Waals surface area (Å²) in [5, 5.41) is 27.1. The predicted octanol–water partition coefficient (Wildman–Crippen LogP) is 7.68. The average molecular weight is 802 g/mol. The number of anilines is 1. The minimum atomic E-state index is -1.42. The molecule has 0 amide bonds. The third-order valence-electron chi connectivity index (χ3n) is 11.3. The number of aromatic nitrogens is 2. The van der Waals surface area contributed by atoms with Gasteiger partial charge in [0.15, 0.2) is 6.23 Å². The molecule has 10 heteroatoms. The number of ether oxygens (including phenoxy) is 4. The maximum atomic E-state index is 14.2. The van der Waals surface area contributed by atoms with Gasteiger partial charge in [0.1, 0.15) is 46.8 Å². The third kappa shape index (κ3) is 7.46. The summed E-state index contributed by atoms with van der Waals surface area (Å²) < 4.78 is 25.9. The second-order valence-corrected chi connectivity index (χ2v) is 14.8. The Hall–Kier alpha value is -6.56. The Kier molecular flexibility index (Phi) is 11.6. The summed E-state index contributed by atoms with van der Waals surface area (Å²) in [6.45, 7) is 1.58. The summed E-state index contributed by atoms with van der Waals surface area (Å²) in [5.74, 6) is 1.66. The predicted molar refractivity (Wildman–Crippen MR) is 230 cm³/mol. The van der Waals surface area contributed by atoms with Gasteiger partial charge in [-0.3, -0.25) is 4.57 Å². The number of aliphatic hydroxyl groups excluding tert-OH is 2. The first-order chi connectivity index (χ1) is 29.3. The third-order valence-corrected chi connectivity index (χ3v) is 11.3. The minimum Gasteiger partial charge on any atom is -0.497 e. The first-order valence-corrected chi connectivity index (χ1v) is 19.9. The quantitative estimate of drug-likeness (QED) is 0.0951. The SMILES string of the molecule is COc1ccc(C(Nc2ccn([C@@H]3O[C@H]([C@@H](C)O)[C@@H](OC(c4ccccc4)(c4ccccc4)c4ccc(OC)cc4)[C@H]3O)c(=O)n2)(c2ccccc2)c2ccccc2)cc1. The molecule has 5 atom stereocenters. The molecular formula is C50H47N3O7. The highest BCUT2D eigenvalue weighted by atomic mass is 16.6. The van der Waals surface area contributed by atoms with E-state index < -0.39 is 47.5 Å². The van der Waals surface area contributed by atoms with Gasteiger partial charge in [0.2, 0.25) is 0 Å². The topological polar surface area (TPSA) is 124 Å². The Morgan fingerprint density at radius 1 is 0.633 bits per heavy atom. The molecule has 1 aliphatic heterocycles. The Morgan fingerprint density at radius 3 is 1.48 bits per heavy atom. The van der Waals surface area contributed by atoms with Crippen molar-refractivity contribution in [1.29, 1.82) is 0 Å². The molecule has 0 radical (unpaired) electrons. The minimum absolute atomic E-state index is 0.291. The molecule has 0 aliphatic carbocycles. The lowest BCUT2D eigenvalue weighted by molar-refractivity contribution is -0.127. The van der Waals surface area contributed by atoms with Crippen molar-refractivity contribution < 1.29 is 29.2 Å². The Morgan fingerprint density at radius 2 is 1.05 bits per heavy atom. The van der Waals surface area contributed by atoms with E-state index in [1.807, 2.05) is 170 Å². The second-order valence-electron chi connectivity index (χ2n) is 14.8. The second kappa shape index (κ2) is 17.3. The highest BCUT2D eigenvalue weighted by Gasteiger charge is 2.52. The van der Waals surface area contributed by atoms with Gasteiger partial charge in [0.05, 0.1) is 20.3 Å². The summed E-state index contributed by atoms with van der Waals surface area (Å²) in [5.41, 5.74) is 2.09. The van der Waals surface area contributed by atoms with Gasteiger partial charge in [0.25, 0.3) is 0 Å². The van der Waals surface area contributed by atoms with E-state index in [0.717, 1.165) is 33.4 Å². The molecule has 2 heterocycles. The van der Waals surface area contributed by atoms with Crippen molar-refractivity contribution in [3.05, 3.63) is 226 Å². The molecule has 1 aliphatic rings. The molecular weight excluding hydrogens is 755 g/mol. The van der Waals surface area contributed by atoms with E-state index in [1.54, 1.807) is 33.4 Å². The highest BCUT2D eigenvalue weighted by molar-refractivity contribution is 5.58. The van der Waals surface area contributed by atoms with Gasteiger partial charge in [-0.05, 0) is 70.6 Å². The molecule has 7 aromatic rings. The van der Waals surface area contributed by atoms with Crippen LogP contribution in [0, 0.1) is 0 Å². The summed E-state index contributed by atoms with van der Waals surface area (Å²) in [6.07, 6.45) is -4.38. The fourth-order valence-electron chi connectivity index (χ4n) is 8.31. The van der Waals surface area contributed by atoms with E-state index in [0.29, 0.717) is 17.3 Å². The molecule has 10 nitrogen and oxygen atoms in total. The molecule has 8 rings (SSSR count). The van der Waals surface area contributed by atoms with E-state index in [9.17, 15) is 15.0 Å². The van der Waals surface area contributed by atoms with Gasteiger partial charge in [-0.2, -0.15) is 4.98 Å². The van der Waals surface area contributed by atoms with Crippen LogP contribution in [0.1, 0.15) is 46.5 Å². The van der Waals surface area contributed by atoms with Crippen LogP contribution in [0.25, 0.3) is 0 Å². The van der Waals surface area contributed by atoms with Crippen molar-refractivity contribution in [3.63, 3.8) is 0 Å². The first-order valence-electron chi connectivity index (χ1n) is 19.9. The van der Waals surface area contributed by atoms with Gasteiger partial charge in [0, 0.05) is 6.20 Å². The molecule has 1 fully saturated rings.